The fourth-order valence-corrected chi connectivity index (χ4v) is 2.33. The van der Waals surface area contributed by atoms with E-state index in [2.05, 4.69) is 10.5 Å². The molecule has 0 atom stereocenters. The number of hydrazine groups is 1. The smallest absolute Gasteiger partial charge is 0.227 e. The van der Waals surface area contributed by atoms with Crippen LogP contribution in [0.1, 0.15) is 24.5 Å². The molecule has 126 valence electrons. The summed E-state index contributed by atoms with van der Waals surface area (Å²) >= 11 is 0. The van der Waals surface area contributed by atoms with Gasteiger partial charge in [0.1, 0.15) is 5.82 Å². The molecule has 2 aromatic rings. The van der Waals surface area contributed by atoms with Crippen molar-refractivity contribution >= 4 is 17.4 Å². The molecule has 2 rings (SSSR count). The quantitative estimate of drug-likeness (QED) is 0.337. The number of nitrogens with one attached hydrogen (secondary N) is 1. The Labute approximate surface area is 139 Å². The van der Waals surface area contributed by atoms with E-state index in [1.807, 2.05) is 0 Å². The number of nitrogens with two attached hydrogens (primary N) is 2. The van der Waals surface area contributed by atoms with Crippen LogP contribution in [0.25, 0.3) is 0 Å². The molecule has 5 N–H and O–H groups in total. The Kier molecular flexibility index (Phi) is 5.86. The molecule has 24 heavy (non-hydrogen) atoms. The van der Waals surface area contributed by atoms with Gasteiger partial charge in [0.05, 0.1) is 6.54 Å². The van der Waals surface area contributed by atoms with E-state index in [0.717, 1.165) is 0 Å². The molecule has 0 bridgehead atoms. The predicted molar refractivity (Wildman–Crippen MR) is 92.4 cm³/mol. The highest BCUT2D eigenvalue weighted by Crippen LogP contribution is 2.21. The molecule has 0 radical (unpaired) electrons. The first-order chi connectivity index (χ1) is 11.6. The van der Waals surface area contributed by atoms with Gasteiger partial charge in [-0.25, -0.2) is 10.2 Å². The summed E-state index contributed by atoms with van der Waals surface area (Å²) in [6.07, 6.45) is 0.297. The van der Waals surface area contributed by atoms with Gasteiger partial charge in [0, 0.05) is 23.2 Å². The molecule has 0 saturated heterocycles. The highest BCUT2D eigenvalue weighted by molar-refractivity contribution is 6.00. The Morgan fingerprint density at radius 3 is 2.62 bits per heavy atom. The summed E-state index contributed by atoms with van der Waals surface area (Å²) in [6, 6.07) is 13.4. The van der Waals surface area contributed by atoms with Crippen LogP contribution in [0.2, 0.25) is 0 Å². The Balaban J connectivity index is 2.40. The van der Waals surface area contributed by atoms with Gasteiger partial charge in [0.2, 0.25) is 5.91 Å². The zero-order chi connectivity index (χ0) is 17.5. The number of carbonyl (C=O) groups excluding carboxylic acids is 1. The van der Waals surface area contributed by atoms with Crippen molar-refractivity contribution < 1.29 is 9.18 Å². The molecule has 6 nitrogen and oxygen atoms in total. The first-order valence-corrected chi connectivity index (χ1v) is 7.49. The lowest BCUT2D eigenvalue weighted by molar-refractivity contribution is -0.118. The number of hydrogen-bond donors (Lipinski definition) is 3. The maximum absolute atomic E-state index is 13.9. The summed E-state index contributed by atoms with van der Waals surface area (Å²) in [5, 5.41) is 3.56. The van der Waals surface area contributed by atoms with E-state index in [1.165, 1.54) is 11.0 Å². The number of benzene rings is 2. The number of hydrazone groups is 1. The average molecular weight is 329 g/mol. The maximum atomic E-state index is 13.9. The first-order valence-electron chi connectivity index (χ1n) is 7.49. The Hall–Kier alpha value is -2.93. The number of nitrogens with zero attached hydrogens (tertiary/aromatic N) is 2. The Morgan fingerprint density at radius 2 is 2.00 bits per heavy atom. The van der Waals surface area contributed by atoms with Crippen LogP contribution in [0, 0.1) is 5.82 Å². The molecule has 0 aliphatic rings. The molecule has 0 aromatic heterocycles. The normalized spacial score (nSPS) is 11.2. The maximum Gasteiger partial charge on any atom is 0.227 e. The van der Waals surface area contributed by atoms with Gasteiger partial charge >= 0.3 is 0 Å². The summed E-state index contributed by atoms with van der Waals surface area (Å²) < 4.78 is 13.9. The van der Waals surface area contributed by atoms with Crippen LogP contribution in [-0.2, 0) is 11.3 Å². The lowest BCUT2D eigenvalue weighted by atomic mass is 10.1. The standard InChI is InChI=1S/C17H20FN5O/c1-2-16(24)23(11-13-6-3-4-9-15(13)18)14-8-5-7-12(10-14)17(21-19)22-20/h3-10H,2,11,19-20H2,1H3,(H,21,22). The third-order valence-electron chi connectivity index (χ3n) is 3.59. The molecule has 1 amide bonds. The molecule has 0 spiro atoms. The van der Waals surface area contributed by atoms with Gasteiger partial charge in [0.15, 0.2) is 5.84 Å². The topological polar surface area (TPSA) is 96.7 Å². The van der Waals surface area contributed by atoms with Crippen molar-refractivity contribution in [3.63, 3.8) is 0 Å². The van der Waals surface area contributed by atoms with Crippen molar-refractivity contribution in [3.8, 4) is 0 Å². The summed E-state index contributed by atoms with van der Waals surface area (Å²) in [4.78, 5) is 13.9. The molecule has 2 aromatic carbocycles. The molecule has 0 aliphatic carbocycles. The molecular weight excluding hydrogens is 309 g/mol. The minimum Gasteiger partial charge on any atom is -0.321 e. The fourth-order valence-electron chi connectivity index (χ4n) is 2.33. The van der Waals surface area contributed by atoms with Gasteiger partial charge < -0.3 is 16.2 Å². The van der Waals surface area contributed by atoms with E-state index in [-0.39, 0.29) is 24.1 Å². The summed E-state index contributed by atoms with van der Waals surface area (Å²) in [5.41, 5.74) is 4.07. The minimum absolute atomic E-state index is 0.123. The lowest BCUT2D eigenvalue weighted by Crippen LogP contribution is -2.33. The van der Waals surface area contributed by atoms with Crippen molar-refractivity contribution in [3.05, 3.63) is 65.5 Å². The van der Waals surface area contributed by atoms with Crippen LogP contribution in [0.5, 0.6) is 0 Å². The Bertz CT molecular complexity index is 747. The van der Waals surface area contributed by atoms with Crippen molar-refractivity contribution in [1.82, 2.24) is 5.43 Å². The highest BCUT2D eigenvalue weighted by Gasteiger charge is 2.17. The van der Waals surface area contributed by atoms with E-state index in [0.29, 0.717) is 23.2 Å². The van der Waals surface area contributed by atoms with Crippen molar-refractivity contribution in [2.45, 2.75) is 19.9 Å². The zero-order valence-corrected chi connectivity index (χ0v) is 13.4. The molecule has 0 aliphatic heterocycles. The second kappa shape index (κ2) is 8.07. The second-order valence-electron chi connectivity index (χ2n) is 5.10. The van der Waals surface area contributed by atoms with Gasteiger partial charge in [-0.2, -0.15) is 5.10 Å². The number of carbonyl (C=O) groups is 1. The van der Waals surface area contributed by atoms with Crippen molar-refractivity contribution in [2.24, 2.45) is 16.8 Å². The predicted octanol–water partition coefficient (Wildman–Crippen LogP) is 1.85. The summed E-state index contributed by atoms with van der Waals surface area (Å²) in [5.74, 6) is 10.5. The van der Waals surface area contributed by atoms with Crippen LogP contribution >= 0.6 is 0 Å². The number of anilines is 1. The van der Waals surface area contributed by atoms with Crippen LogP contribution in [0.15, 0.2) is 53.6 Å². The van der Waals surface area contributed by atoms with Crippen LogP contribution in [-0.4, -0.2) is 11.7 Å². The van der Waals surface area contributed by atoms with Gasteiger partial charge in [-0.3, -0.25) is 4.79 Å². The van der Waals surface area contributed by atoms with Crippen LogP contribution in [0.3, 0.4) is 0 Å². The molecule has 0 saturated carbocycles. The number of amides is 1. The largest absolute Gasteiger partial charge is 0.321 e. The SMILES string of the molecule is CCC(=O)N(Cc1ccccc1F)c1cccc(C(=NN)NN)c1. The van der Waals surface area contributed by atoms with Crippen LogP contribution in [0.4, 0.5) is 10.1 Å². The second-order valence-corrected chi connectivity index (χ2v) is 5.10. The third-order valence-corrected chi connectivity index (χ3v) is 3.59. The highest BCUT2D eigenvalue weighted by atomic mass is 19.1. The third kappa shape index (κ3) is 3.88. The van der Waals surface area contributed by atoms with Gasteiger partial charge in [-0.1, -0.05) is 37.3 Å². The zero-order valence-electron chi connectivity index (χ0n) is 13.4. The molecule has 7 heteroatoms. The van der Waals surface area contributed by atoms with E-state index >= 15 is 0 Å². The van der Waals surface area contributed by atoms with Gasteiger partial charge in [-0.05, 0) is 18.2 Å². The summed E-state index contributed by atoms with van der Waals surface area (Å²) in [7, 11) is 0. The van der Waals surface area contributed by atoms with Crippen molar-refractivity contribution in [1.29, 1.82) is 0 Å². The van der Waals surface area contributed by atoms with Crippen molar-refractivity contribution in [2.75, 3.05) is 4.90 Å². The van der Waals surface area contributed by atoms with E-state index in [4.69, 9.17) is 11.7 Å². The minimum atomic E-state index is -0.351. The fraction of sp³-hybridized carbons (Fsp3) is 0.176. The average Bonchev–Trinajstić information content (AvgIpc) is 2.62. The first kappa shape index (κ1) is 17.4. The number of amidine groups is 1. The number of hydrogen-bond acceptors (Lipinski definition) is 4. The van der Waals surface area contributed by atoms with E-state index in [1.54, 1.807) is 49.4 Å². The molecule has 0 heterocycles. The molecular formula is C17H20FN5O. The van der Waals surface area contributed by atoms with Gasteiger partial charge in [0.25, 0.3) is 0 Å². The van der Waals surface area contributed by atoms with E-state index in [9.17, 15) is 9.18 Å². The van der Waals surface area contributed by atoms with E-state index < -0.39 is 0 Å². The summed E-state index contributed by atoms with van der Waals surface area (Å²) in [6.45, 7) is 1.89. The Morgan fingerprint density at radius 1 is 1.25 bits per heavy atom. The number of rotatable bonds is 5. The van der Waals surface area contributed by atoms with Crippen LogP contribution < -0.4 is 22.0 Å². The monoisotopic (exact) mass is 329 g/mol. The number of halogens is 1. The van der Waals surface area contributed by atoms with Gasteiger partial charge in [-0.15, -0.1) is 0 Å². The lowest BCUT2D eigenvalue weighted by Gasteiger charge is -2.23. The molecule has 0 unspecified atom stereocenters. The molecule has 0 fully saturated rings.